The Morgan fingerprint density at radius 1 is 0.322 bits per heavy atom. The van der Waals surface area contributed by atoms with Gasteiger partial charge in [-0.2, -0.15) is 0 Å². The highest BCUT2D eigenvalue weighted by Crippen LogP contribution is 2.52. The lowest BCUT2D eigenvalue weighted by Gasteiger charge is -2.22. The van der Waals surface area contributed by atoms with Crippen molar-refractivity contribution in [2.45, 2.75) is 58.3 Å². The third-order valence-electron chi connectivity index (χ3n) is 13.7. The van der Waals surface area contributed by atoms with E-state index >= 15 is 0 Å². The van der Waals surface area contributed by atoms with Crippen LogP contribution in [0.4, 0.5) is 0 Å². The van der Waals surface area contributed by atoms with Crippen LogP contribution in [0.3, 0.4) is 0 Å². The first kappa shape index (κ1) is 34.5. The number of hydrogen-bond donors (Lipinski definition) is 0. The van der Waals surface area contributed by atoms with Crippen molar-refractivity contribution >= 4 is 64.6 Å². The second-order valence-corrected chi connectivity index (χ2v) is 19.3. The van der Waals surface area contributed by atoms with Crippen molar-refractivity contribution < 1.29 is 0 Å². The summed E-state index contributed by atoms with van der Waals surface area (Å²) in [4.78, 5) is 0. The lowest BCUT2D eigenvalue weighted by molar-refractivity contribution is 0.591. The zero-order valence-corrected chi connectivity index (χ0v) is 34.7. The van der Waals surface area contributed by atoms with E-state index < -0.39 is 0 Å². The number of benzene rings is 11. The maximum atomic E-state index is 2.50. The van der Waals surface area contributed by atoms with E-state index in [1.165, 1.54) is 126 Å². The van der Waals surface area contributed by atoms with Gasteiger partial charge in [0.2, 0.25) is 0 Å². The topological polar surface area (TPSA) is 0 Å². The van der Waals surface area contributed by atoms with E-state index in [0.717, 1.165) is 0 Å². The van der Waals surface area contributed by atoms with Crippen LogP contribution in [-0.2, 0) is 10.8 Å². The molecule has 0 radical (unpaired) electrons. The zero-order chi connectivity index (χ0) is 39.9. The Morgan fingerprint density at radius 3 is 1.12 bits per heavy atom. The Morgan fingerprint density at radius 2 is 0.695 bits per heavy atom. The van der Waals surface area contributed by atoms with Crippen molar-refractivity contribution in [3.8, 4) is 33.4 Å². The summed E-state index contributed by atoms with van der Waals surface area (Å²) in [5.74, 6) is 0.132. The third-order valence-corrected chi connectivity index (χ3v) is 13.7. The molecule has 11 aromatic carbocycles. The van der Waals surface area contributed by atoms with Crippen LogP contribution in [-0.4, -0.2) is 0 Å². The van der Waals surface area contributed by atoms with Gasteiger partial charge >= 0.3 is 0 Å². The highest BCUT2D eigenvalue weighted by molar-refractivity contribution is 6.27. The highest BCUT2D eigenvalue weighted by atomic mass is 14.3. The molecule has 0 saturated heterocycles. The molecule has 0 unspecified atom stereocenters. The van der Waals surface area contributed by atoms with Crippen LogP contribution in [0.2, 0.25) is 0 Å². The summed E-state index contributed by atoms with van der Waals surface area (Å²) in [7, 11) is 0. The van der Waals surface area contributed by atoms with Gasteiger partial charge in [-0.1, -0.05) is 193 Å². The predicted octanol–water partition coefficient (Wildman–Crippen LogP) is 16.6. The van der Waals surface area contributed by atoms with Crippen LogP contribution < -0.4 is 0 Å². The Labute approximate surface area is 346 Å². The monoisotopic (exact) mass is 754 g/mol. The Bertz CT molecular complexity index is 3240. The van der Waals surface area contributed by atoms with Gasteiger partial charge in [-0.05, 0) is 149 Å². The van der Waals surface area contributed by atoms with E-state index in [0.29, 0.717) is 0 Å². The van der Waals surface area contributed by atoms with Crippen molar-refractivity contribution in [2.75, 3.05) is 0 Å². The lowest BCUT2D eigenvalue weighted by Crippen LogP contribution is -2.10. The summed E-state index contributed by atoms with van der Waals surface area (Å²) >= 11 is 0. The van der Waals surface area contributed by atoms with Gasteiger partial charge in [0.25, 0.3) is 0 Å². The van der Waals surface area contributed by atoms with Crippen LogP contribution in [0.5, 0.6) is 0 Å². The minimum atomic E-state index is 0.0896. The SMILES string of the molecule is CC(C)(C)c1cc2ccc3ccc(-c4ccc5c(c4)C(c4ccccc4)c4cc(-c6ccc7ccc8cc(C(C)(C)C)cc9ccc6c7c89)ccc4-5)c4ccc(c1)c2c34. The molecule has 11 aromatic rings. The summed E-state index contributed by atoms with van der Waals surface area (Å²) in [6, 6.07) is 63.3. The normalized spacial score (nSPS) is 13.5. The first-order chi connectivity index (χ1) is 28.5. The Hall–Kier alpha value is -6.50. The van der Waals surface area contributed by atoms with E-state index in [-0.39, 0.29) is 16.7 Å². The molecule has 59 heavy (non-hydrogen) atoms. The van der Waals surface area contributed by atoms with Crippen LogP contribution in [0.1, 0.15) is 75.3 Å². The molecule has 0 spiro atoms. The average molecular weight is 755 g/mol. The van der Waals surface area contributed by atoms with Crippen molar-refractivity contribution in [2.24, 2.45) is 0 Å². The molecule has 12 rings (SSSR count). The molecular formula is C59H46. The largest absolute Gasteiger partial charge is 0.0622 e. The van der Waals surface area contributed by atoms with E-state index in [1.54, 1.807) is 0 Å². The van der Waals surface area contributed by atoms with E-state index in [4.69, 9.17) is 0 Å². The van der Waals surface area contributed by atoms with Crippen LogP contribution in [0, 0.1) is 0 Å². The molecule has 0 fully saturated rings. The lowest BCUT2D eigenvalue weighted by atomic mass is 9.82. The molecule has 0 heteroatoms. The molecule has 0 aromatic heterocycles. The van der Waals surface area contributed by atoms with Gasteiger partial charge in [-0.3, -0.25) is 0 Å². The third kappa shape index (κ3) is 5.09. The predicted molar refractivity (Wildman–Crippen MR) is 255 cm³/mol. The molecule has 0 bridgehead atoms. The van der Waals surface area contributed by atoms with E-state index in [2.05, 4.69) is 205 Å². The maximum absolute atomic E-state index is 2.50. The maximum Gasteiger partial charge on any atom is 0.0352 e. The minimum absolute atomic E-state index is 0.0896. The van der Waals surface area contributed by atoms with Crippen molar-refractivity contribution in [1.82, 2.24) is 0 Å². The molecule has 0 heterocycles. The summed E-state index contributed by atoms with van der Waals surface area (Å²) in [5.41, 5.74) is 14.8. The molecule has 0 aliphatic heterocycles. The van der Waals surface area contributed by atoms with Gasteiger partial charge < -0.3 is 0 Å². The summed E-state index contributed by atoms with van der Waals surface area (Å²) in [6.45, 7) is 13.8. The fourth-order valence-electron chi connectivity index (χ4n) is 10.6. The number of rotatable bonds is 3. The van der Waals surface area contributed by atoms with Gasteiger partial charge in [0.05, 0.1) is 0 Å². The smallest absolute Gasteiger partial charge is 0.0352 e. The quantitative estimate of drug-likeness (QED) is 0.158. The highest BCUT2D eigenvalue weighted by Gasteiger charge is 2.31. The first-order valence-corrected chi connectivity index (χ1v) is 21.3. The molecule has 282 valence electrons. The second kappa shape index (κ2) is 12.0. The fraction of sp³-hybridized carbons (Fsp3) is 0.153. The minimum Gasteiger partial charge on any atom is -0.0622 e. The van der Waals surface area contributed by atoms with Crippen LogP contribution >= 0.6 is 0 Å². The van der Waals surface area contributed by atoms with Crippen molar-refractivity contribution in [3.63, 3.8) is 0 Å². The van der Waals surface area contributed by atoms with Crippen LogP contribution in [0.15, 0.2) is 164 Å². The van der Waals surface area contributed by atoms with Gasteiger partial charge in [0, 0.05) is 5.92 Å². The summed E-state index contributed by atoms with van der Waals surface area (Å²) in [6.07, 6.45) is 0. The first-order valence-electron chi connectivity index (χ1n) is 21.3. The molecule has 1 aliphatic rings. The number of fused-ring (bicyclic) bond motifs is 3. The van der Waals surface area contributed by atoms with Gasteiger partial charge in [-0.25, -0.2) is 0 Å². The molecule has 1 aliphatic carbocycles. The average Bonchev–Trinajstić information content (AvgIpc) is 3.56. The Kier molecular flexibility index (Phi) is 7.04. The van der Waals surface area contributed by atoms with E-state index in [9.17, 15) is 0 Å². The molecule has 0 saturated carbocycles. The van der Waals surface area contributed by atoms with Crippen LogP contribution in [0.25, 0.3) is 98.0 Å². The standard InChI is InChI=1S/C59H46/c1-58(2,3)43-28-39-14-12-35-16-22-45(49-26-20-41(30-43)53(39)56(35)49)37-18-24-47-48-25-19-38(33-52(48)55(51(47)32-37)34-10-8-7-9-11-34)46-23-17-36-13-15-40-29-44(59(4,5)6)31-42-21-27-50(46)57(36)54(40)42/h7-33,55H,1-6H3. The molecule has 0 amide bonds. The number of hydrogen-bond acceptors (Lipinski definition) is 0. The second-order valence-electron chi connectivity index (χ2n) is 19.3. The Balaban J connectivity index is 1.02. The molecular weight excluding hydrogens is 709 g/mol. The molecule has 0 N–H and O–H groups in total. The van der Waals surface area contributed by atoms with Crippen molar-refractivity contribution in [1.29, 1.82) is 0 Å². The molecule has 0 atom stereocenters. The zero-order valence-electron chi connectivity index (χ0n) is 34.7. The summed E-state index contributed by atoms with van der Waals surface area (Å²) in [5, 5.41) is 16.0. The summed E-state index contributed by atoms with van der Waals surface area (Å²) < 4.78 is 0. The van der Waals surface area contributed by atoms with Gasteiger partial charge in [0.15, 0.2) is 0 Å². The molecule has 0 nitrogen and oxygen atoms in total. The van der Waals surface area contributed by atoms with Gasteiger partial charge in [0.1, 0.15) is 0 Å². The van der Waals surface area contributed by atoms with E-state index in [1.807, 2.05) is 0 Å². The fourth-order valence-corrected chi connectivity index (χ4v) is 10.6. The van der Waals surface area contributed by atoms with Gasteiger partial charge in [-0.15, -0.1) is 0 Å². The van der Waals surface area contributed by atoms with Crippen molar-refractivity contribution in [3.05, 3.63) is 192 Å².